The Labute approximate surface area is 114 Å². The average molecular weight is 264 g/mol. The van der Waals surface area contributed by atoms with Crippen LogP contribution in [0.25, 0.3) is 0 Å². The van der Waals surface area contributed by atoms with Gasteiger partial charge in [0, 0.05) is 26.1 Å². The van der Waals surface area contributed by atoms with Gasteiger partial charge in [-0.05, 0) is 18.4 Å². The molecule has 0 spiro atoms. The molecule has 98 valence electrons. The molecule has 1 unspecified atom stereocenters. The third kappa shape index (κ3) is 3.06. The van der Waals surface area contributed by atoms with Crippen LogP contribution < -0.4 is 0 Å². The summed E-state index contributed by atoms with van der Waals surface area (Å²) in [6.07, 6.45) is 0.524. The molecule has 1 aromatic carbocycles. The van der Waals surface area contributed by atoms with Crippen LogP contribution in [0.2, 0.25) is 0 Å². The molecule has 1 saturated heterocycles. The fourth-order valence-electron chi connectivity index (χ4n) is 2.42. The number of benzene rings is 1. The van der Waals surface area contributed by atoms with Crippen molar-refractivity contribution in [2.75, 3.05) is 32.4 Å². The van der Waals surface area contributed by atoms with E-state index in [-0.39, 0.29) is 11.9 Å². The highest BCUT2D eigenvalue weighted by molar-refractivity contribution is 7.80. The summed E-state index contributed by atoms with van der Waals surface area (Å²) in [5.41, 5.74) is 1.22. The van der Waals surface area contributed by atoms with Gasteiger partial charge in [-0.1, -0.05) is 30.3 Å². The van der Waals surface area contributed by atoms with Gasteiger partial charge in [-0.25, -0.2) is 0 Å². The molecule has 0 N–H and O–H groups in total. The number of amides is 1. The Bertz CT molecular complexity index is 396. The normalized spacial score (nSPS) is 21.0. The molecular formula is C14H20N2OS. The Balaban J connectivity index is 2.19. The first-order valence-corrected chi connectivity index (χ1v) is 6.99. The summed E-state index contributed by atoms with van der Waals surface area (Å²) in [5, 5.41) is 0. The number of carbonyl (C=O) groups excluding carboxylic acids is 1. The molecule has 4 heteroatoms. The largest absolute Gasteiger partial charge is 0.333 e. The summed E-state index contributed by atoms with van der Waals surface area (Å²) in [4.78, 5) is 16.4. The van der Waals surface area contributed by atoms with Crippen molar-refractivity contribution < 1.29 is 4.79 Å². The van der Waals surface area contributed by atoms with E-state index in [1.807, 2.05) is 23.1 Å². The number of piperazine rings is 1. The maximum absolute atomic E-state index is 12.1. The van der Waals surface area contributed by atoms with Gasteiger partial charge in [0.05, 0.1) is 6.04 Å². The zero-order valence-electron chi connectivity index (χ0n) is 10.7. The number of rotatable bonds is 3. The van der Waals surface area contributed by atoms with E-state index < -0.39 is 0 Å². The van der Waals surface area contributed by atoms with E-state index in [1.165, 1.54) is 5.56 Å². The molecule has 0 bridgehead atoms. The minimum Gasteiger partial charge on any atom is -0.333 e. The van der Waals surface area contributed by atoms with Crippen LogP contribution in [0.4, 0.5) is 0 Å². The van der Waals surface area contributed by atoms with Crippen molar-refractivity contribution in [1.29, 1.82) is 0 Å². The van der Waals surface area contributed by atoms with E-state index in [0.29, 0.717) is 12.2 Å². The van der Waals surface area contributed by atoms with Crippen molar-refractivity contribution in [2.45, 2.75) is 12.5 Å². The maximum atomic E-state index is 12.1. The van der Waals surface area contributed by atoms with E-state index in [1.54, 1.807) is 0 Å². The van der Waals surface area contributed by atoms with Gasteiger partial charge < -0.3 is 9.80 Å². The Morgan fingerprint density at radius 3 is 2.72 bits per heavy atom. The summed E-state index contributed by atoms with van der Waals surface area (Å²) < 4.78 is 0. The first kappa shape index (κ1) is 13.4. The lowest BCUT2D eigenvalue weighted by Gasteiger charge is -2.40. The highest BCUT2D eigenvalue weighted by Crippen LogP contribution is 2.25. The topological polar surface area (TPSA) is 23.6 Å². The van der Waals surface area contributed by atoms with Crippen LogP contribution in [-0.2, 0) is 4.79 Å². The van der Waals surface area contributed by atoms with Gasteiger partial charge in [0.1, 0.15) is 0 Å². The SMILES string of the molecule is CN1CCN(C(=O)CCS)C(c2ccccc2)C1. The zero-order chi connectivity index (χ0) is 13.0. The molecule has 1 fully saturated rings. The molecule has 1 aliphatic heterocycles. The number of likely N-dealkylation sites (N-methyl/N-ethyl adjacent to an activating group) is 1. The van der Waals surface area contributed by atoms with E-state index in [0.717, 1.165) is 19.6 Å². The summed E-state index contributed by atoms with van der Waals surface area (Å²) in [5.74, 6) is 0.833. The third-order valence-corrected chi connectivity index (χ3v) is 3.64. The lowest BCUT2D eigenvalue weighted by atomic mass is 10.0. The van der Waals surface area contributed by atoms with E-state index in [4.69, 9.17) is 0 Å². The average Bonchev–Trinajstić information content (AvgIpc) is 2.40. The Morgan fingerprint density at radius 2 is 2.06 bits per heavy atom. The van der Waals surface area contributed by atoms with Crippen LogP contribution in [0.1, 0.15) is 18.0 Å². The van der Waals surface area contributed by atoms with E-state index in [2.05, 4.69) is 36.7 Å². The standard InChI is InChI=1S/C14H20N2OS/c1-15-8-9-16(14(17)7-10-18)13(11-15)12-5-3-2-4-6-12/h2-6,13,18H,7-11H2,1H3. The number of nitrogens with zero attached hydrogens (tertiary/aromatic N) is 2. The number of hydrogen-bond acceptors (Lipinski definition) is 3. The Kier molecular flexibility index (Phi) is 4.66. The molecule has 0 saturated carbocycles. The van der Waals surface area contributed by atoms with Crippen LogP contribution in [0, 0.1) is 0 Å². The predicted molar refractivity (Wildman–Crippen MR) is 76.9 cm³/mol. The van der Waals surface area contributed by atoms with Gasteiger partial charge >= 0.3 is 0 Å². The molecule has 1 aliphatic rings. The first-order chi connectivity index (χ1) is 8.72. The van der Waals surface area contributed by atoms with Gasteiger partial charge in [0.2, 0.25) is 5.91 Å². The fraction of sp³-hybridized carbons (Fsp3) is 0.500. The smallest absolute Gasteiger partial charge is 0.223 e. The number of thiol groups is 1. The minimum absolute atomic E-state index is 0.178. The molecule has 1 aromatic rings. The van der Waals surface area contributed by atoms with E-state index in [9.17, 15) is 4.79 Å². The number of carbonyl (C=O) groups is 1. The second-order valence-corrected chi connectivity index (χ2v) is 5.20. The van der Waals surface area contributed by atoms with Crippen molar-refractivity contribution in [2.24, 2.45) is 0 Å². The molecule has 0 aliphatic carbocycles. The van der Waals surface area contributed by atoms with Gasteiger partial charge in [0.15, 0.2) is 0 Å². The van der Waals surface area contributed by atoms with Crippen LogP contribution in [0.3, 0.4) is 0 Å². The van der Waals surface area contributed by atoms with Crippen LogP contribution in [0.5, 0.6) is 0 Å². The minimum atomic E-state index is 0.178. The summed E-state index contributed by atoms with van der Waals surface area (Å²) >= 11 is 4.16. The molecular weight excluding hydrogens is 244 g/mol. The molecule has 0 radical (unpaired) electrons. The number of hydrogen-bond donors (Lipinski definition) is 1. The molecule has 0 aromatic heterocycles. The Hall–Kier alpha value is -1.00. The van der Waals surface area contributed by atoms with Crippen molar-refractivity contribution in [3.05, 3.63) is 35.9 Å². The lowest BCUT2D eigenvalue weighted by Crippen LogP contribution is -2.49. The second kappa shape index (κ2) is 6.25. The van der Waals surface area contributed by atoms with Crippen molar-refractivity contribution in [3.8, 4) is 0 Å². The maximum Gasteiger partial charge on any atom is 0.223 e. The zero-order valence-corrected chi connectivity index (χ0v) is 11.6. The fourth-order valence-corrected chi connectivity index (χ4v) is 2.61. The van der Waals surface area contributed by atoms with Gasteiger partial charge in [-0.15, -0.1) is 0 Å². The van der Waals surface area contributed by atoms with Crippen molar-refractivity contribution in [3.63, 3.8) is 0 Å². The molecule has 3 nitrogen and oxygen atoms in total. The third-order valence-electron chi connectivity index (χ3n) is 3.41. The van der Waals surface area contributed by atoms with Crippen LogP contribution in [0.15, 0.2) is 30.3 Å². The lowest BCUT2D eigenvalue weighted by molar-refractivity contribution is -0.135. The predicted octanol–water partition coefficient (Wildman–Crippen LogP) is 1.82. The monoisotopic (exact) mass is 264 g/mol. The van der Waals surface area contributed by atoms with E-state index >= 15 is 0 Å². The summed E-state index contributed by atoms with van der Waals surface area (Å²) in [6.45, 7) is 2.66. The van der Waals surface area contributed by atoms with Gasteiger partial charge in [-0.3, -0.25) is 4.79 Å². The van der Waals surface area contributed by atoms with Crippen LogP contribution in [-0.4, -0.2) is 48.1 Å². The van der Waals surface area contributed by atoms with Gasteiger partial charge in [0.25, 0.3) is 0 Å². The van der Waals surface area contributed by atoms with Gasteiger partial charge in [-0.2, -0.15) is 12.6 Å². The first-order valence-electron chi connectivity index (χ1n) is 6.36. The highest BCUT2D eigenvalue weighted by Gasteiger charge is 2.29. The Morgan fingerprint density at radius 1 is 1.33 bits per heavy atom. The van der Waals surface area contributed by atoms with Crippen molar-refractivity contribution >= 4 is 18.5 Å². The highest BCUT2D eigenvalue weighted by atomic mass is 32.1. The molecule has 1 amide bonds. The summed E-state index contributed by atoms with van der Waals surface area (Å²) in [6, 6.07) is 10.5. The molecule has 1 atom stereocenters. The van der Waals surface area contributed by atoms with Crippen molar-refractivity contribution in [1.82, 2.24) is 9.80 Å². The molecule has 18 heavy (non-hydrogen) atoms. The summed E-state index contributed by atoms with van der Waals surface area (Å²) in [7, 11) is 2.11. The molecule has 2 rings (SSSR count). The second-order valence-electron chi connectivity index (χ2n) is 4.75. The quantitative estimate of drug-likeness (QED) is 0.842. The molecule has 1 heterocycles. The van der Waals surface area contributed by atoms with Crippen LogP contribution >= 0.6 is 12.6 Å².